The monoisotopic (exact) mass is 289 g/mol. The van der Waals surface area contributed by atoms with E-state index in [4.69, 9.17) is 14.6 Å². The average Bonchev–Trinajstić information content (AvgIpc) is 2.31. The van der Waals surface area contributed by atoms with Gasteiger partial charge in [0, 0.05) is 12.0 Å². The highest BCUT2D eigenvalue weighted by molar-refractivity contribution is 5.77. The van der Waals surface area contributed by atoms with Crippen molar-refractivity contribution in [3.63, 3.8) is 0 Å². The highest BCUT2D eigenvalue weighted by Gasteiger charge is 2.29. The van der Waals surface area contributed by atoms with E-state index in [0.29, 0.717) is 6.42 Å². The summed E-state index contributed by atoms with van der Waals surface area (Å²) in [6, 6.07) is 0. The Balaban J connectivity index is 4.27. The predicted octanol–water partition coefficient (Wildman–Crippen LogP) is 2.00. The maximum Gasteiger partial charge on any atom is 0.413 e. The highest BCUT2D eigenvalue weighted by Crippen LogP contribution is 2.14. The molecule has 0 aromatic rings. The van der Waals surface area contributed by atoms with Crippen LogP contribution in [0.4, 0.5) is 4.79 Å². The largest absolute Gasteiger partial charge is 0.480 e. The van der Waals surface area contributed by atoms with E-state index < -0.39 is 36.9 Å². The fourth-order valence-corrected chi connectivity index (χ4v) is 1.33. The van der Waals surface area contributed by atoms with Crippen LogP contribution in [0.1, 0.15) is 47.0 Å². The van der Waals surface area contributed by atoms with Gasteiger partial charge < -0.3 is 14.6 Å². The first-order chi connectivity index (χ1) is 9.18. The van der Waals surface area contributed by atoms with Gasteiger partial charge >= 0.3 is 18.0 Å². The van der Waals surface area contributed by atoms with Gasteiger partial charge in [-0.05, 0) is 27.2 Å². The molecule has 0 aromatic heterocycles. The summed E-state index contributed by atoms with van der Waals surface area (Å²) in [6.07, 6.45) is 1.01. The second-order valence-corrected chi connectivity index (χ2v) is 5.30. The lowest BCUT2D eigenvalue weighted by Crippen LogP contribution is -2.48. The van der Waals surface area contributed by atoms with E-state index in [-0.39, 0.29) is 6.42 Å². The molecule has 116 valence electrons. The number of nitrogens with zero attached hydrogens (tertiary/aromatic N) is 1. The highest BCUT2D eigenvalue weighted by atomic mass is 16.7. The fourth-order valence-electron chi connectivity index (χ4n) is 1.33. The van der Waals surface area contributed by atoms with Gasteiger partial charge in [-0.25, -0.2) is 4.79 Å². The van der Waals surface area contributed by atoms with Crippen molar-refractivity contribution in [2.75, 3.05) is 13.3 Å². The third-order valence-corrected chi connectivity index (χ3v) is 2.46. The van der Waals surface area contributed by atoms with Crippen LogP contribution in [0.25, 0.3) is 0 Å². The zero-order chi connectivity index (χ0) is 15.8. The van der Waals surface area contributed by atoms with E-state index in [1.54, 1.807) is 20.8 Å². The van der Waals surface area contributed by atoms with Crippen LogP contribution >= 0.6 is 0 Å². The van der Waals surface area contributed by atoms with Crippen molar-refractivity contribution in [1.29, 1.82) is 0 Å². The molecule has 0 heterocycles. The zero-order valence-corrected chi connectivity index (χ0v) is 12.5. The number of amides is 1. The molecule has 0 bridgehead atoms. The maximum atomic E-state index is 11.8. The molecule has 0 aliphatic rings. The van der Waals surface area contributed by atoms with Crippen LogP contribution < -0.4 is 0 Å². The lowest BCUT2D eigenvalue weighted by Gasteiger charge is -2.33. The van der Waals surface area contributed by atoms with Gasteiger partial charge in [-0.1, -0.05) is 13.3 Å². The van der Waals surface area contributed by atoms with E-state index >= 15 is 0 Å². The van der Waals surface area contributed by atoms with Gasteiger partial charge in [0.15, 0.2) is 0 Å². The molecule has 0 spiro atoms. The summed E-state index contributed by atoms with van der Waals surface area (Å²) >= 11 is 0. The Hall–Kier alpha value is -1.79. The van der Waals surface area contributed by atoms with Crippen molar-refractivity contribution in [2.24, 2.45) is 0 Å². The molecule has 1 amide bonds. The van der Waals surface area contributed by atoms with Crippen molar-refractivity contribution in [3.05, 3.63) is 0 Å². The second kappa shape index (κ2) is 8.39. The molecule has 0 fully saturated rings. The Kier molecular flexibility index (Phi) is 7.64. The van der Waals surface area contributed by atoms with E-state index in [1.807, 2.05) is 6.92 Å². The minimum Gasteiger partial charge on any atom is -0.480 e. The summed E-state index contributed by atoms with van der Waals surface area (Å²) in [7, 11) is 0. The number of hydrogen-bond donors (Lipinski definition) is 1. The number of unbranched alkanes of at least 4 members (excludes halogenated alkanes) is 1. The van der Waals surface area contributed by atoms with E-state index in [9.17, 15) is 14.4 Å². The molecule has 7 heteroatoms. The van der Waals surface area contributed by atoms with E-state index in [0.717, 1.165) is 11.3 Å². The Morgan fingerprint density at radius 3 is 2.20 bits per heavy atom. The molecular formula is C13H23NO6. The van der Waals surface area contributed by atoms with Crippen molar-refractivity contribution in [2.45, 2.75) is 52.5 Å². The molecule has 0 aromatic carbocycles. The molecule has 20 heavy (non-hydrogen) atoms. The average molecular weight is 289 g/mol. The van der Waals surface area contributed by atoms with Gasteiger partial charge in [0.25, 0.3) is 0 Å². The van der Waals surface area contributed by atoms with Crippen molar-refractivity contribution >= 4 is 18.0 Å². The summed E-state index contributed by atoms with van der Waals surface area (Å²) in [6.45, 7) is 6.01. The van der Waals surface area contributed by atoms with E-state index in [2.05, 4.69) is 0 Å². The minimum absolute atomic E-state index is 0.270. The maximum absolute atomic E-state index is 11.8. The van der Waals surface area contributed by atoms with Crippen LogP contribution in [0.15, 0.2) is 0 Å². The molecule has 0 rings (SSSR count). The Morgan fingerprint density at radius 1 is 1.15 bits per heavy atom. The number of ether oxygens (including phenoxy) is 2. The summed E-state index contributed by atoms with van der Waals surface area (Å²) in [5.41, 5.74) is -0.707. The predicted molar refractivity (Wildman–Crippen MR) is 71.1 cm³/mol. The molecule has 1 N–H and O–H groups in total. The van der Waals surface area contributed by atoms with Crippen LogP contribution in [0.2, 0.25) is 0 Å². The lowest BCUT2D eigenvalue weighted by molar-refractivity contribution is -0.153. The molecule has 7 nitrogen and oxygen atoms in total. The Morgan fingerprint density at radius 2 is 1.75 bits per heavy atom. The number of hydrogen-bond acceptors (Lipinski definition) is 5. The van der Waals surface area contributed by atoms with Crippen LogP contribution in [-0.4, -0.2) is 46.9 Å². The molecule has 0 aliphatic heterocycles. The SMILES string of the molecule is CCCCC(=O)OCOC(=O)N(CC(=O)O)C(C)(C)C. The third-order valence-electron chi connectivity index (χ3n) is 2.46. The summed E-state index contributed by atoms with van der Waals surface area (Å²) < 4.78 is 9.49. The van der Waals surface area contributed by atoms with Gasteiger partial charge in [0.05, 0.1) is 0 Å². The molecule has 0 radical (unpaired) electrons. The number of rotatable bonds is 7. The van der Waals surface area contributed by atoms with Crippen molar-refractivity contribution < 1.29 is 29.0 Å². The molecule has 0 unspecified atom stereocenters. The Bertz CT molecular complexity index is 347. The summed E-state index contributed by atoms with van der Waals surface area (Å²) in [5, 5.41) is 8.77. The smallest absolute Gasteiger partial charge is 0.413 e. The van der Waals surface area contributed by atoms with Crippen LogP contribution in [0.3, 0.4) is 0 Å². The topological polar surface area (TPSA) is 93.1 Å². The number of carboxylic acids is 1. The summed E-state index contributed by atoms with van der Waals surface area (Å²) in [5.74, 6) is -1.59. The third kappa shape index (κ3) is 7.60. The van der Waals surface area contributed by atoms with E-state index in [1.165, 1.54) is 0 Å². The molecule has 0 saturated carbocycles. The number of aliphatic carboxylic acids is 1. The quantitative estimate of drug-likeness (QED) is 0.569. The van der Waals surface area contributed by atoms with Crippen molar-refractivity contribution in [1.82, 2.24) is 4.90 Å². The second-order valence-electron chi connectivity index (χ2n) is 5.30. The fraction of sp³-hybridized carbons (Fsp3) is 0.769. The number of esters is 1. The van der Waals surface area contributed by atoms with Crippen LogP contribution in [0, 0.1) is 0 Å². The number of carboxylic acid groups (broad SMARTS) is 1. The first-order valence-corrected chi connectivity index (χ1v) is 6.50. The van der Waals surface area contributed by atoms with Crippen LogP contribution in [0.5, 0.6) is 0 Å². The number of carbonyl (C=O) groups excluding carboxylic acids is 2. The minimum atomic E-state index is -1.14. The first-order valence-electron chi connectivity index (χ1n) is 6.50. The van der Waals surface area contributed by atoms with Crippen LogP contribution in [-0.2, 0) is 19.1 Å². The molecule has 0 saturated heterocycles. The van der Waals surface area contributed by atoms with Gasteiger partial charge in [-0.3, -0.25) is 14.5 Å². The van der Waals surface area contributed by atoms with Gasteiger partial charge in [-0.15, -0.1) is 0 Å². The standard InChI is InChI=1S/C13H23NO6/c1-5-6-7-11(17)19-9-20-12(18)14(8-10(15)16)13(2,3)4/h5-9H2,1-4H3,(H,15,16). The number of carbonyl (C=O) groups is 3. The summed E-state index contributed by atoms with van der Waals surface area (Å²) in [4.78, 5) is 34.8. The normalized spacial score (nSPS) is 10.8. The van der Waals surface area contributed by atoms with Gasteiger partial charge in [0.1, 0.15) is 6.54 Å². The first kappa shape index (κ1) is 18.2. The zero-order valence-electron chi connectivity index (χ0n) is 12.5. The van der Waals surface area contributed by atoms with Gasteiger partial charge in [0.2, 0.25) is 6.79 Å². The Labute approximate surface area is 118 Å². The molecular weight excluding hydrogens is 266 g/mol. The van der Waals surface area contributed by atoms with Gasteiger partial charge in [-0.2, -0.15) is 0 Å². The van der Waals surface area contributed by atoms with Crippen molar-refractivity contribution in [3.8, 4) is 0 Å². The molecule has 0 atom stereocenters. The molecule has 0 aliphatic carbocycles. The lowest BCUT2D eigenvalue weighted by atomic mass is 10.1.